The van der Waals surface area contributed by atoms with Crippen LogP contribution in [-0.2, 0) is 14.8 Å². The predicted molar refractivity (Wildman–Crippen MR) is 122 cm³/mol. The van der Waals surface area contributed by atoms with E-state index in [1.165, 1.54) is 18.2 Å². The van der Waals surface area contributed by atoms with Crippen LogP contribution in [0.3, 0.4) is 0 Å². The Morgan fingerprint density at radius 1 is 1.03 bits per heavy atom. The van der Waals surface area contributed by atoms with E-state index in [1.807, 2.05) is 25.1 Å². The second-order valence-corrected chi connectivity index (χ2v) is 9.13. The first-order valence-electron chi connectivity index (χ1n) is 9.58. The number of sulfonamides is 1. The van der Waals surface area contributed by atoms with Crippen molar-refractivity contribution in [3.8, 4) is 5.75 Å². The largest absolute Gasteiger partial charge is 0.496 e. The summed E-state index contributed by atoms with van der Waals surface area (Å²) in [5.41, 5.74) is 1.09. The topological polar surface area (TPSA) is 75.7 Å². The molecule has 31 heavy (non-hydrogen) atoms. The molecular weight excluding hydrogens is 436 g/mol. The number of para-hydroxylation sites is 1. The fourth-order valence-corrected chi connectivity index (χ4v) is 4.80. The highest BCUT2D eigenvalue weighted by Crippen LogP contribution is 2.27. The molecule has 0 aliphatic heterocycles. The van der Waals surface area contributed by atoms with E-state index in [1.54, 1.807) is 49.6 Å². The minimum absolute atomic E-state index is 0.0838. The molecule has 162 valence electrons. The number of rotatable bonds is 8. The standard InChI is InChI=1S/C23H23ClN2O4S/c1-17(21-13-6-7-14-22(21)30-2)25-23(27)16-26(19-10-8-9-18(24)15-19)31(28,29)20-11-4-3-5-12-20/h3-15,17H,16H2,1-2H3,(H,25,27). The van der Waals surface area contributed by atoms with Gasteiger partial charge in [0.25, 0.3) is 10.0 Å². The summed E-state index contributed by atoms with van der Waals surface area (Å²) < 4.78 is 33.0. The predicted octanol–water partition coefficient (Wildman–Crippen LogP) is 4.42. The molecule has 0 aliphatic carbocycles. The molecule has 0 aromatic heterocycles. The van der Waals surface area contributed by atoms with E-state index in [2.05, 4.69) is 5.32 Å². The van der Waals surface area contributed by atoms with E-state index < -0.39 is 22.5 Å². The average Bonchev–Trinajstić information content (AvgIpc) is 2.77. The molecule has 3 aromatic rings. The lowest BCUT2D eigenvalue weighted by atomic mass is 10.1. The molecule has 0 fully saturated rings. The second-order valence-electron chi connectivity index (χ2n) is 6.84. The van der Waals surface area contributed by atoms with Crippen molar-refractivity contribution >= 4 is 33.2 Å². The van der Waals surface area contributed by atoms with Crippen LogP contribution in [0.15, 0.2) is 83.8 Å². The van der Waals surface area contributed by atoms with Gasteiger partial charge in [0.2, 0.25) is 5.91 Å². The first-order valence-corrected chi connectivity index (χ1v) is 11.4. The zero-order chi connectivity index (χ0) is 22.4. The number of nitrogens with zero attached hydrogens (tertiary/aromatic N) is 1. The smallest absolute Gasteiger partial charge is 0.264 e. The lowest BCUT2D eigenvalue weighted by molar-refractivity contribution is -0.120. The van der Waals surface area contributed by atoms with Gasteiger partial charge in [0.15, 0.2) is 0 Å². The van der Waals surface area contributed by atoms with Crippen molar-refractivity contribution in [2.75, 3.05) is 18.0 Å². The number of carbonyl (C=O) groups excluding carboxylic acids is 1. The van der Waals surface area contributed by atoms with Gasteiger partial charge in [-0.05, 0) is 43.3 Å². The van der Waals surface area contributed by atoms with E-state index in [0.717, 1.165) is 9.87 Å². The van der Waals surface area contributed by atoms with Crippen molar-refractivity contribution in [1.82, 2.24) is 5.32 Å². The molecule has 1 unspecified atom stereocenters. The Morgan fingerprint density at radius 2 is 1.71 bits per heavy atom. The van der Waals surface area contributed by atoms with Crippen LogP contribution >= 0.6 is 11.6 Å². The fraction of sp³-hybridized carbons (Fsp3) is 0.174. The number of ether oxygens (including phenoxy) is 1. The molecule has 1 amide bonds. The van der Waals surface area contributed by atoms with Gasteiger partial charge in [-0.2, -0.15) is 0 Å². The van der Waals surface area contributed by atoms with E-state index in [4.69, 9.17) is 16.3 Å². The Balaban J connectivity index is 1.89. The number of nitrogens with one attached hydrogen (secondary N) is 1. The Morgan fingerprint density at radius 3 is 2.39 bits per heavy atom. The summed E-state index contributed by atoms with van der Waals surface area (Å²) in [6, 6.07) is 21.3. The van der Waals surface area contributed by atoms with Crippen molar-refractivity contribution in [3.63, 3.8) is 0 Å². The van der Waals surface area contributed by atoms with Gasteiger partial charge >= 0.3 is 0 Å². The molecule has 0 spiro atoms. The Bertz CT molecular complexity index is 1150. The number of carbonyl (C=O) groups is 1. The molecule has 0 saturated heterocycles. The molecule has 8 heteroatoms. The monoisotopic (exact) mass is 458 g/mol. The number of amides is 1. The molecule has 1 atom stereocenters. The summed E-state index contributed by atoms with van der Waals surface area (Å²) in [5, 5.41) is 3.22. The van der Waals surface area contributed by atoms with Crippen molar-refractivity contribution in [1.29, 1.82) is 0 Å². The summed E-state index contributed by atoms with van der Waals surface area (Å²) in [4.78, 5) is 13.0. The third kappa shape index (κ3) is 5.37. The summed E-state index contributed by atoms with van der Waals surface area (Å²) in [7, 11) is -2.43. The molecule has 0 aliphatic rings. The third-order valence-corrected chi connectivity index (χ3v) is 6.72. The first-order chi connectivity index (χ1) is 14.8. The maximum Gasteiger partial charge on any atom is 0.264 e. The summed E-state index contributed by atoms with van der Waals surface area (Å²) in [6.07, 6.45) is 0. The quantitative estimate of drug-likeness (QED) is 0.542. The maximum atomic E-state index is 13.3. The minimum atomic E-state index is -3.99. The zero-order valence-corrected chi connectivity index (χ0v) is 18.7. The zero-order valence-electron chi connectivity index (χ0n) is 17.2. The van der Waals surface area contributed by atoms with Crippen LogP contribution in [0.5, 0.6) is 5.75 Å². The van der Waals surface area contributed by atoms with Crippen molar-refractivity contribution in [2.45, 2.75) is 17.9 Å². The number of anilines is 1. The highest BCUT2D eigenvalue weighted by molar-refractivity contribution is 7.92. The first kappa shape index (κ1) is 22.7. The highest BCUT2D eigenvalue weighted by Gasteiger charge is 2.28. The van der Waals surface area contributed by atoms with Gasteiger partial charge in [-0.3, -0.25) is 9.10 Å². The summed E-state index contributed by atoms with van der Waals surface area (Å²) >= 11 is 6.08. The molecule has 3 rings (SSSR count). The van der Waals surface area contributed by atoms with Crippen LogP contribution in [0.2, 0.25) is 5.02 Å². The van der Waals surface area contributed by atoms with E-state index in [9.17, 15) is 13.2 Å². The summed E-state index contributed by atoms with van der Waals surface area (Å²) in [5.74, 6) is 0.178. The van der Waals surface area contributed by atoms with E-state index in [0.29, 0.717) is 16.5 Å². The number of hydrogen-bond donors (Lipinski definition) is 1. The normalized spacial score (nSPS) is 12.1. The van der Waals surface area contributed by atoms with Crippen LogP contribution in [0.4, 0.5) is 5.69 Å². The number of methoxy groups -OCH3 is 1. The molecule has 0 bridgehead atoms. The number of hydrogen-bond acceptors (Lipinski definition) is 4. The van der Waals surface area contributed by atoms with Gasteiger partial charge in [0, 0.05) is 10.6 Å². The highest BCUT2D eigenvalue weighted by atomic mass is 35.5. The Labute approximate surface area is 187 Å². The average molecular weight is 459 g/mol. The van der Waals surface area contributed by atoms with Crippen LogP contribution in [0, 0.1) is 0 Å². The van der Waals surface area contributed by atoms with Gasteiger partial charge in [0.1, 0.15) is 12.3 Å². The molecule has 0 saturated carbocycles. The molecular formula is C23H23ClN2O4S. The number of halogens is 1. The van der Waals surface area contributed by atoms with Crippen LogP contribution in [-0.4, -0.2) is 28.0 Å². The van der Waals surface area contributed by atoms with Crippen molar-refractivity contribution < 1.29 is 17.9 Å². The van der Waals surface area contributed by atoms with Crippen LogP contribution in [0.25, 0.3) is 0 Å². The fourth-order valence-electron chi connectivity index (χ4n) is 3.19. The third-order valence-electron chi connectivity index (χ3n) is 4.70. The lowest BCUT2D eigenvalue weighted by Crippen LogP contribution is -2.41. The molecule has 6 nitrogen and oxygen atoms in total. The molecule has 3 aromatic carbocycles. The van der Waals surface area contributed by atoms with Gasteiger partial charge < -0.3 is 10.1 Å². The van der Waals surface area contributed by atoms with E-state index in [-0.39, 0.29) is 10.9 Å². The Kier molecular flexibility index (Phi) is 7.20. The summed E-state index contributed by atoms with van der Waals surface area (Å²) in [6.45, 7) is 1.40. The van der Waals surface area contributed by atoms with Crippen LogP contribution < -0.4 is 14.4 Å². The van der Waals surface area contributed by atoms with Gasteiger partial charge in [-0.25, -0.2) is 8.42 Å². The molecule has 1 N–H and O–H groups in total. The second kappa shape index (κ2) is 9.85. The van der Waals surface area contributed by atoms with Crippen LogP contribution in [0.1, 0.15) is 18.5 Å². The lowest BCUT2D eigenvalue weighted by Gasteiger charge is -2.25. The van der Waals surface area contributed by atoms with Gasteiger partial charge in [-0.15, -0.1) is 0 Å². The number of benzene rings is 3. The SMILES string of the molecule is COc1ccccc1C(C)NC(=O)CN(c1cccc(Cl)c1)S(=O)(=O)c1ccccc1. The Hall–Kier alpha value is -3.03. The van der Waals surface area contributed by atoms with Gasteiger partial charge in [-0.1, -0.05) is 54.1 Å². The van der Waals surface area contributed by atoms with Gasteiger partial charge in [0.05, 0.1) is 23.7 Å². The maximum absolute atomic E-state index is 13.3. The van der Waals surface area contributed by atoms with E-state index >= 15 is 0 Å². The van der Waals surface area contributed by atoms with Crippen molar-refractivity contribution in [2.24, 2.45) is 0 Å². The molecule has 0 radical (unpaired) electrons. The van der Waals surface area contributed by atoms with Crippen molar-refractivity contribution in [3.05, 3.63) is 89.4 Å². The minimum Gasteiger partial charge on any atom is -0.496 e. The molecule has 0 heterocycles.